The smallest absolute Gasteiger partial charge is 0.748 e. The van der Waals surface area contributed by atoms with Gasteiger partial charge in [-0.25, -0.2) is 8.42 Å². The van der Waals surface area contributed by atoms with Crippen LogP contribution in [0.1, 0.15) is 109 Å². The summed E-state index contributed by atoms with van der Waals surface area (Å²) in [6.45, 7) is 22.8. The fourth-order valence-corrected chi connectivity index (χ4v) is 7.74. The quantitative estimate of drug-likeness (QED) is 0.0966. The monoisotopic (exact) mass is 868 g/mol. The number of carbonyl (C=O) groups is 2. The van der Waals surface area contributed by atoms with Gasteiger partial charge in [-0.05, 0) is 127 Å². The van der Waals surface area contributed by atoms with E-state index in [4.69, 9.17) is 22.4 Å². The van der Waals surface area contributed by atoms with Gasteiger partial charge in [-0.3, -0.25) is 23.8 Å². The van der Waals surface area contributed by atoms with Crippen molar-refractivity contribution >= 4 is 21.9 Å². The van der Waals surface area contributed by atoms with E-state index in [1.54, 1.807) is 14.2 Å². The molecule has 2 amide bonds. The van der Waals surface area contributed by atoms with Crippen molar-refractivity contribution in [3.63, 3.8) is 0 Å². The van der Waals surface area contributed by atoms with E-state index in [9.17, 15) is 14.0 Å². The Labute approximate surface area is 398 Å². The Morgan fingerprint density at radius 1 is 0.831 bits per heavy atom. The SMILES string of the molecule is C=CCN1CCC[C@@]1(C)CNC(=O)c1cc(CCCC)cc(C)c1OC.C=CCN1CCC[C@@]1(C)CNC(=O)c1cc(CCC[18F])cc(C)c1OC.CS(=O)(=O)[O-].[CH3-].[K+]. The molecule has 2 aromatic carbocycles. The summed E-state index contributed by atoms with van der Waals surface area (Å²) < 4.78 is 50.7. The maximum absolute atomic E-state index is 12.9. The molecule has 0 bridgehead atoms. The van der Waals surface area contributed by atoms with Gasteiger partial charge in [0.1, 0.15) is 11.5 Å². The van der Waals surface area contributed by atoms with Crippen LogP contribution < -0.4 is 71.5 Å². The van der Waals surface area contributed by atoms with Crippen molar-refractivity contribution in [3.05, 3.63) is 90.4 Å². The van der Waals surface area contributed by atoms with E-state index >= 15 is 0 Å². The number of methoxy groups -OCH3 is 2. The molecule has 2 aliphatic heterocycles. The zero-order valence-corrected chi connectivity index (χ0v) is 41.7. The number of alkyl halides is 1. The minimum absolute atomic E-state index is 0. The number of nitrogens with zero attached hydrogens (tertiary/aromatic N) is 2. The molecule has 0 spiro atoms. The molecule has 4 rings (SSSR count). The summed E-state index contributed by atoms with van der Waals surface area (Å²) in [4.78, 5) is 30.6. The molecule has 59 heavy (non-hydrogen) atoms. The van der Waals surface area contributed by atoms with Crippen LogP contribution in [0.5, 0.6) is 11.5 Å². The number of aryl methyl sites for hydroxylation is 4. The molecule has 2 aliphatic rings. The average Bonchev–Trinajstić information content (AvgIpc) is 3.71. The number of amides is 2. The number of benzene rings is 2. The summed E-state index contributed by atoms with van der Waals surface area (Å²) in [5.41, 5.74) is 5.20. The molecule has 14 heteroatoms. The predicted molar refractivity (Wildman–Crippen MR) is 234 cm³/mol. The van der Waals surface area contributed by atoms with Gasteiger partial charge in [0.15, 0.2) is 0 Å². The van der Waals surface area contributed by atoms with Crippen molar-refractivity contribution in [3.8, 4) is 11.5 Å². The molecule has 0 saturated carbocycles. The second-order valence-corrected chi connectivity index (χ2v) is 17.0. The van der Waals surface area contributed by atoms with Crippen LogP contribution in [-0.4, -0.2) is 112 Å². The summed E-state index contributed by atoms with van der Waals surface area (Å²) in [5, 5.41) is 6.25. The molecular formula is C45H71FKN4O7S-. The predicted octanol–water partition coefficient (Wildman–Crippen LogP) is 4.41. The third-order valence-corrected chi connectivity index (χ3v) is 10.8. The van der Waals surface area contributed by atoms with Gasteiger partial charge in [-0.2, -0.15) is 0 Å². The van der Waals surface area contributed by atoms with Crippen molar-refractivity contribution in [2.45, 2.75) is 103 Å². The fourth-order valence-electron chi connectivity index (χ4n) is 7.74. The summed E-state index contributed by atoms with van der Waals surface area (Å²) in [5.74, 6) is 1.09. The van der Waals surface area contributed by atoms with Gasteiger partial charge in [-0.15, -0.1) is 13.2 Å². The number of nitrogens with one attached hydrogen (secondary N) is 2. The van der Waals surface area contributed by atoms with Gasteiger partial charge in [-0.1, -0.05) is 37.6 Å². The first kappa shape index (κ1) is 56.9. The molecule has 0 radical (unpaired) electrons. The minimum atomic E-state index is -3.92. The third kappa shape index (κ3) is 18.4. The van der Waals surface area contributed by atoms with Crippen molar-refractivity contribution in [1.82, 2.24) is 20.4 Å². The van der Waals surface area contributed by atoms with Crippen molar-refractivity contribution in [2.75, 3.05) is 66.4 Å². The molecule has 2 heterocycles. The molecule has 2 atom stereocenters. The first-order valence-electron chi connectivity index (χ1n) is 20.0. The zero-order chi connectivity index (χ0) is 42.8. The van der Waals surface area contributed by atoms with Crippen molar-refractivity contribution < 1.29 is 87.8 Å². The van der Waals surface area contributed by atoms with Crippen molar-refractivity contribution in [1.29, 1.82) is 0 Å². The van der Waals surface area contributed by atoms with Crippen LogP contribution in [0.25, 0.3) is 0 Å². The summed E-state index contributed by atoms with van der Waals surface area (Å²) in [6.07, 6.45) is 13.2. The Morgan fingerprint density at radius 3 is 1.53 bits per heavy atom. The van der Waals surface area contributed by atoms with E-state index in [2.05, 4.69) is 60.4 Å². The molecule has 0 aromatic heterocycles. The maximum atomic E-state index is 12.9. The zero-order valence-electron chi connectivity index (χ0n) is 37.7. The molecule has 2 fully saturated rings. The number of likely N-dealkylation sites (tertiary alicyclic amines) is 2. The van der Waals surface area contributed by atoms with Crippen LogP contribution in [-0.2, 0) is 23.0 Å². The Bertz CT molecular complexity index is 1640. The van der Waals surface area contributed by atoms with E-state index in [1.807, 2.05) is 44.2 Å². The van der Waals surface area contributed by atoms with Crippen LogP contribution >= 0.6 is 0 Å². The van der Waals surface area contributed by atoms with Crippen LogP contribution in [0, 0.1) is 21.3 Å². The minimum Gasteiger partial charge on any atom is -0.748 e. The van der Waals surface area contributed by atoms with Crippen LogP contribution in [0.4, 0.5) is 4.39 Å². The molecule has 2 aromatic rings. The van der Waals surface area contributed by atoms with Gasteiger partial charge < -0.3 is 32.1 Å². The summed E-state index contributed by atoms with van der Waals surface area (Å²) in [7, 11) is -0.709. The average molecular weight is 869 g/mol. The number of carbonyl (C=O) groups excluding carboxylic acids is 2. The van der Waals surface area contributed by atoms with E-state index in [0.717, 1.165) is 87.8 Å². The van der Waals surface area contributed by atoms with Gasteiger partial charge in [0, 0.05) is 43.5 Å². The fraction of sp³-hybridized carbons (Fsp3) is 0.578. The van der Waals surface area contributed by atoms with Gasteiger partial charge in [0.2, 0.25) is 0 Å². The third-order valence-electron chi connectivity index (χ3n) is 10.8. The first-order chi connectivity index (χ1) is 26.9. The Hall–Kier alpha value is -2.14. The van der Waals surface area contributed by atoms with Gasteiger partial charge in [0.25, 0.3) is 11.8 Å². The van der Waals surface area contributed by atoms with Crippen LogP contribution in [0.15, 0.2) is 49.6 Å². The standard InChI is InChI=1S/C22H34N2O2.C21H31FN2O2.CH4O3S.CH3.K/c1-6-8-10-18-14-17(3)20(26-5)19(15-18)21(25)23-16-22(4)11-9-13-24(22)12-7-2;1-5-11-24-12-7-9-21(24,3)15-23-20(25)18-14-17(8-6-10-22)13-16(2)19(18)26-4;1-5(2,3)4;;/h7,14-15H,2,6,8-13,16H2,1,3-5H3,(H,23,25);5,13-14H,1,6-12,15H2,2-4H3,(H,23,25);1H3,(H,2,3,4);1H3;/q;;;-1;+1/p-1/t22-;21-;;;/m00.../s1/i;22-1;;;. The molecule has 2 N–H and O–H groups in total. The molecule has 0 aliphatic carbocycles. The number of hydrogen-bond acceptors (Lipinski definition) is 9. The second kappa shape index (κ2) is 27.7. The van der Waals surface area contributed by atoms with Gasteiger partial charge in [0.05, 0.1) is 42.1 Å². The Balaban J connectivity index is 0.000000992. The second-order valence-electron chi connectivity index (χ2n) is 15.6. The van der Waals surface area contributed by atoms with Crippen molar-refractivity contribution in [2.24, 2.45) is 0 Å². The molecular weight excluding hydrogens is 798 g/mol. The van der Waals surface area contributed by atoms with Crippen LogP contribution in [0.2, 0.25) is 0 Å². The van der Waals surface area contributed by atoms with E-state index in [0.29, 0.717) is 54.8 Å². The number of ether oxygens (including phenoxy) is 2. The van der Waals surface area contributed by atoms with E-state index in [1.165, 1.54) is 5.56 Å². The van der Waals surface area contributed by atoms with E-state index < -0.39 is 10.1 Å². The largest absolute Gasteiger partial charge is 1.00 e. The normalized spacial score (nSPS) is 18.7. The Morgan fingerprint density at radius 2 is 1.20 bits per heavy atom. The van der Waals surface area contributed by atoms with Crippen LogP contribution in [0.3, 0.4) is 0 Å². The maximum Gasteiger partial charge on any atom is 1.00 e. The summed E-state index contributed by atoms with van der Waals surface area (Å²) >= 11 is 0. The first-order valence-corrected chi connectivity index (χ1v) is 21.8. The number of hydrogen-bond donors (Lipinski definition) is 2. The van der Waals surface area contributed by atoms with E-state index in [-0.39, 0.29) is 88.4 Å². The molecule has 11 nitrogen and oxygen atoms in total. The Kier molecular flexibility index (Phi) is 26.7. The topological polar surface area (TPSA) is 140 Å². The number of rotatable bonds is 18. The summed E-state index contributed by atoms with van der Waals surface area (Å²) in [6, 6.07) is 7.93. The molecule has 0 unspecified atom stereocenters. The number of halogens is 1. The van der Waals surface area contributed by atoms with Gasteiger partial charge >= 0.3 is 51.4 Å². The number of unbranched alkanes of at least 4 members (excludes halogenated alkanes) is 1. The molecule has 2 saturated heterocycles. The molecule has 328 valence electrons.